The van der Waals surface area contributed by atoms with Crippen molar-refractivity contribution < 1.29 is 14.0 Å². The number of aryl methyl sites for hydroxylation is 1. The molecule has 2 heterocycles. The number of nitrogens with zero attached hydrogens (tertiary/aromatic N) is 1. The van der Waals surface area contributed by atoms with Crippen molar-refractivity contribution in [3.8, 4) is 0 Å². The number of benzene rings is 1. The minimum absolute atomic E-state index is 0.00929. The van der Waals surface area contributed by atoms with Crippen molar-refractivity contribution in [3.05, 3.63) is 63.7 Å². The van der Waals surface area contributed by atoms with Crippen LogP contribution in [0, 0.1) is 6.92 Å². The minimum atomic E-state index is -0.459. The summed E-state index contributed by atoms with van der Waals surface area (Å²) in [5.74, 6) is -0.194. The highest BCUT2D eigenvalue weighted by molar-refractivity contribution is 5.97. The van der Waals surface area contributed by atoms with Gasteiger partial charge in [-0.15, -0.1) is 0 Å². The summed E-state index contributed by atoms with van der Waals surface area (Å²) >= 11 is 0. The summed E-state index contributed by atoms with van der Waals surface area (Å²) in [4.78, 5) is 37.4. The van der Waals surface area contributed by atoms with Gasteiger partial charge in [-0.05, 0) is 18.6 Å². The van der Waals surface area contributed by atoms with Crippen LogP contribution in [0.3, 0.4) is 0 Å². The average molecular weight is 326 g/mol. The zero-order chi connectivity index (χ0) is 17.3. The number of rotatable bonds is 3. The molecule has 1 N–H and O–H groups in total. The number of carbonyl (C=O) groups excluding carboxylic acids is 2. The van der Waals surface area contributed by atoms with Gasteiger partial charge in [0.15, 0.2) is 11.2 Å². The Kier molecular flexibility index (Phi) is 4.20. The first kappa shape index (κ1) is 16.0. The van der Waals surface area contributed by atoms with Crippen molar-refractivity contribution in [2.45, 2.75) is 19.3 Å². The Morgan fingerprint density at radius 1 is 1.29 bits per heavy atom. The Morgan fingerprint density at radius 3 is 2.79 bits per heavy atom. The summed E-state index contributed by atoms with van der Waals surface area (Å²) in [6.45, 7) is 1.91. The topological polar surface area (TPSA) is 79.6 Å². The fraction of sp³-hybridized carbons (Fsp3) is 0.278. The van der Waals surface area contributed by atoms with E-state index >= 15 is 0 Å². The molecule has 1 aromatic heterocycles. The molecule has 0 spiro atoms. The highest BCUT2D eigenvalue weighted by Gasteiger charge is 2.29. The van der Waals surface area contributed by atoms with Gasteiger partial charge >= 0.3 is 0 Å². The molecule has 0 fully saturated rings. The van der Waals surface area contributed by atoms with Crippen LogP contribution in [0.15, 0.2) is 45.6 Å². The molecule has 0 aliphatic carbocycles. The summed E-state index contributed by atoms with van der Waals surface area (Å²) in [5.41, 5.74) is 1.60. The van der Waals surface area contributed by atoms with E-state index in [4.69, 9.17) is 4.42 Å². The molecular weight excluding hydrogens is 308 g/mol. The van der Waals surface area contributed by atoms with E-state index in [2.05, 4.69) is 5.32 Å². The van der Waals surface area contributed by atoms with Gasteiger partial charge in [0.1, 0.15) is 5.76 Å². The zero-order valence-corrected chi connectivity index (χ0v) is 13.5. The number of amides is 2. The van der Waals surface area contributed by atoms with Crippen LogP contribution in [0.5, 0.6) is 0 Å². The van der Waals surface area contributed by atoms with Gasteiger partial charge in [-0.25, -0.2) is 0 Å². The van der Waals surface area contributed by atoms with Crippen LogP contribution in [0.1, 0.15) is 34.2 Å². The lowest BCUT2D eigenvalue weighted by Gasteiger charge is -2.31. The number of hydrogen-bond acceptors (Lipinski definition) is 4. The molecule has 1 aromatic carbocycles. The maximum Gasteiger partial charge on any atom is 0.287 e. The minimum Gasteiger partial charge on any atom is -0.456 e. The number of hydrogen-bond donors (Lipinski definition) is 1. The highest BCUT2D eigenvalue weighted by Crippen LogP contribution is 2.34. The standard InChI is InChI=1S/C18H18N2O4/c1-11-7-13(21)9-16(24-11)18(23)19-10-12-8-17(22)20(2)15-6-4-3-5-14(12)15/h3-7,9,12H,8,10H2,1-2H3,(H,19,23)/t12-/m0/s1. The van der Waals surface area contributed by atoms with Gasteiger partial charge in [0.2, 0.25) is 5.91 Å². The summed E-state index contributed by atoms with van der Waals surface area (Å²) in [6.07, 6.45) is 0.325. The normalized spacial score (nSPS) is 16.7. The molecule has 2 amide bonds. The van der Waals surface area contributed by atoms with Crippen LogP contribution in [0.2, 0.25) is 0 Å². The van der Waals surface area contributed by atoms with E-state index in [-0.39, 0.29) is 23.0 Å². The summed E-state index contributed by atoms with van der Waals surface area (Å²) in [5, 5.41) is 2.76. The van der Waals surface area contributed by atoms with Crippen molar-refractivity contribution >= 4 is 17.5 Å². The molecule has 1 aliphatic rings. The third-order valence-corrected chi connectivity index (χ3v) is 4.16. The molecule has 0 saturated heterocycles. The smallest absolute Gasteiger partial charge is 0.287 e. The van der Waals surface area contributed by atoms with Crippen LogP contribution in [0.4, 0.5) is 5.69 Å². The van der Waals surface area contributed by atoms with Crippen LogP contribution >= 0.6 is 0 Å². The van der Waals surface area contributed by atoms with Crippen molar-refractivity contribution in [2.24, 2.45) is 0 Å². The molecule has 6 heteroatoms. The fourth-order valence-corrected chi connectivity index (χ4v) is 2.93. The Labute approximate surface area is 139 Å². The van der Waals surface area contributed by atoms with Gasteiger partial charge < -0.3 is 14.6 Å². The van der Waals surface area contributed by atoms with E-state index in [9.17, 15) is 14.4 Å². The zero-order valence-electron chi connectivity index (χ0n) is 13.5. The molecular formula is C18H18N2O4. The summed E-state index contributed by atoms with van der Waals surface area (Å²) < 4.78 is 5.28. The highest BCUT2D eigenvalue weighted by atomic mass is 16.3. The molecule has 6 nitrogen and oxygen atoms in total. The molecule has 0 radical (unpaired) electrons. The molecule has 1 aliphatic heterocycles. The number of nitrogens with one attached hydrogen (secondary N) is 1. The molecule has 1 atom stereocenters. The van der Waals surface area contributed by atoms with Gasteiger partial charge in [-0.3, -0.25) is 14.4 Å². The third-order valence-electron chi connectivity index (χ3n) is 4.16. The molecule has 2 aromatic rings. The maximum absolute atomic E-state index is 12.2. The Balaban J connectivity index is 1.77. The van der Waals surface area contributed by atoms with Crippen molar-refractivity contribution in [2.75, 3.05) is 18.5 Å². The number of carbonyl (C=O) groups is 2. The second kappa shape index (κ2) is 6.31. The van der Waals surface area contributed by atoms with E-state index in [1.165, 1.54) is 6.07 Å². The van der Waals surface area contributed by atoms with Crippen LogP contribution in [-0.2, 0) is 4.79 Å². The van der Waals surface area contributed by atoms with Gasteiger partial charge in [0, 0.05) is 43.8 Å². The van der Waals surface area contributed by atoms with Gasteiger partial charge in [-0.1, -0.05) is 18.2 Å². The lowest BCUT2D eigenvalue weighted by atomic mass is 9.89. The monoisotopic (exact) mass is 326 g/mol. The summed E-state index contributed by atoms with van der Waals surface area (Å²) in [6, 6.07) is 10.1. The van der Waals surface area contributed by atoms with Crippen molar-refractivity contribution in [3.63, 3.8) is 0 Å². The predicted molar refractivity (Wildman–Crippen MR) is 89.3 cm³/mol. The quantitative estimate of drug-likeness (QED) is 0.933. The lowest BCUT2D eigenvalue weighted by molar-refractivity contribution is -0.119. The SMILES string of the molecule is Cc1cc(=O)cc(C(=O)NC[C@@H]2CC(=O)N(C)c3ccccc32)o1. The lowest BCUT2D eigenvalue weighted by Crippen LogP contribution is -2.37. The maximum atomic E-state index is 12.2. The second-order valence-electron chi connectivity index (χ2n) is 5.89. The molecule has 24 heavy (non-hydrogen) atoms. The molecule has 124 valence electrons. The molecule has 3 rings (SSSR count). The Hall–Kier alpha value is -2.89. The average Bonchev–Trinajstić information content (AvgIpc) is 2.55. The summed E-state index contributed by atoms with van der Waals surface area (Å²) in [7, 11) is 1.75. The van der Waals surface area contributed by atoms with E-state index in [0.29, 0.717) is 18.7 Å². The molecule has 0 saturated carbocycles. The van der Waals surface area contributed by atoms with Crippen LogP contribution in [-0.4, -0.2) is 25.4 Å². The molecule has 0 unspecified atom stereocenters. The van der Waals surface area contributed by atoms with Crippen molar-refractivity contribution in [1.29, 1.82) is 0 Å². The number of para-hydroxylation sites is 1. The van der Waals surface area contributed by atoms with Gasteiger partial charge in [0.05, 0.1) is 0 Å². The molecule has 0 bridgehead atoms. The van der Waals surface area contributed by atoms with Gasteiger partial charge in [0.25, 0.3) is 5.91 Å². The predicted octanol–water partition coefficient (Wildman–Crippen LogP) is 1.83. The third kappa shape index (κ3) is 3.08. The van der Waals surface area contributed by atoms with Crippen LogP contribution in [0.25, 0.3) is 0 Å². The van der Waals surface area contributed by atoms with E-state index in [0.717, 1.165) is 17.3 Å². The first-order chi connectivity index (χ1) is 11.5. The van der Waals surface area contributed by atoms with Crippen molar-refractivity contribution in [1.82, 2.24) is 5.32 Å². The largest absolute Gasteiger partial charge is 0.456 e. The second-order valence-corrected chi connectivity index (χ2v) is 5.89. The Morgan fingerprint density at radius 2 is 2.04 bits per heavy atom. The fourth-order valence-electron chi connectivity index (χ4n) is 2.93. The van der Waals surface area contributed by atoms with Gasteiger partial charge in [-0.2, -0.15) is 0 Å². The number of fused-ring (bicyclic) bond motifs is 1. The van der Waals surface area contributed by atoms with Crippen LogP contribution < -0.4 is 15.6 Å². The van der Waals surface area contributed by atoms with E-state index < -0.39 is 5.91 Å². The first-order valence-electron chi connectivity index (χ1n) is 7.71. The first-order valence-corrected chi connectivity index (χ1v) is 7.71. The van der Waals surface area contributed by atoms with E-state index in [1.807, 2.05) is 24.3 Å². The Bertz CT molecular complexity index is 856. The van der Waals surface area contributed by atoms with E-state index in [1.54, 1.807) is 18.9 Å². The number of anilines is 1.